The molecule has 2 aromatic heterocycles. The first-order valence-electron chi connectivity index (χ1n) is 13.0. The fourth-order valence-electron chi connectivity index (χ4n) is 4.50. The average Bonchev–Trinajstić information content (AvgIpc) is 3.34. The Morgan fingerprint density at radius 2 is 1.87 bits per heavy atom. The Balaban J connectivity index is 1.58. The highest BCUT2D eigenvalue weighted by Crippen LogP contribution is 2.33. The molecule has 0 spiro atoms. The van der Waals surface area contributed by atoms with Gasteiger partial charge in [-0.25, -0.2) is 14.8 Å². The number of ketones is 1. The molecular formula is C29H35N5O4. The lowest BCUT2D eigenvalue weighted by molar-refractivity contribution is 0.00853. The molecule has 1 atom stereocenters. The predicted molar refractivity (Wildman–Crippen MR) is 145 cm³/mol. The maximum absolute atomic E-state index is 12.9. The van der Waals surface area contributed by atoms with Crippen molar-refractivity contribution < 1.29 is 19.1 Å². The molecule has 0 aliphatic carbocycles. The van der Waals surface area contributed by atoms with Gasteiger partial charge in [-0.1, -0.05) is 19.1 Å². The largest absolute Gasteiger partial charge is 0.444 e. The number of rotatable bonds is 6. The van der Waals surface area contributed by atoms with Crippen LogP contribution < -0.4 is 5.32 Å². The highest BCUT2D eigenvalue weighted by Gasteiger charge is 2.34. The molecule has 3 aromatic rings. The van der Waals surface area contributed by atoms with Crippen molar-refractivity contribution in [3.8, 4) is 11.3 Å². The van der Waals surface area contributed by atoms with E-state index >= 15 is 0 Å². The molecule has 0 radical (unpaired) electrons. The number of hydrogen-bond acceptors (Lipinski definition) is 6. The number of anilines is 1. The van der Waals surface area contributed by atoms with E-state index in [0.717, 1.165) is 31.2 Å². The Bertz CT molecular complexity index is 1320. The van der Waals surface area contributed by atoms with Crippen LogP contribution in [0, 0.1) is 0 Å². The number of piperidine rings is 1. The first-order valence-corrected chi connectivity index (χ1v) is 13.0. The lowest BCUT2D eigenvalue weighted by atomic mass is 10.0. The number of carbonyl (C=O) groups excluding carboxylic acids is 3. The van der Waals surface area contributed by atoms with Gasteiger partial charge in [-0.15, -0.1) is 0 Å². The molecule has 4 rings (SSSR count). The first-order chi connectivity index (χ1) is 18.1. The Hall–Kier alpha value is -4.01. The Labute approximate surface area is 223 Å². The second kappa shape index (κ2) is 11.2. The van der Waals surface area contributed by atoms with Gasteiger partial charge in [0.1, 0.15) is 22.9 Å². The van der Waals surface area contributed by atoms with Crippen LogP contribution in [0.3, 0.4) is 0 Å². The number of aromatic nitrogens is 3. The zero-order chi connectivity index (χ0) is 27.4. The van der Waals surface area contributed by atoms with Crippen LogP contribution in [0.5, 0.6) is 0 Å². The van der Waals surface area contributed by atoms with Gasteiger partial charge in [0.05, 0.1) is 11.7 Å². The summed E-state index contributed by atoms with van der Waals surface area (Å²) in [6.07, 6.45) is 4.67. The maximum Gasteiger partial charge on any atom is 0.410 e. The van der Waals surface area contributed by atoms with Crippen LogP contribution >= 0.6 is 0 Å². The van der Waals surface area contributed by atoms with Crippen LogP contribution in [-0.4, -0.2) is 49.8 Å². The molecule has 2 amide bonds. The van der Waals surface area contributed by atoms with Gasteiger partial charge in [-0.3, -0.25) is 14.5 Å². The number of nitrogens with one attached hydrogen (secondary N) is 2. The van der Waals surface area contributed by atoms with Crippen LogP contribution in [-0.2, 0) is 11.2 Å². The second-order valence-corrected chi connectivity index (χ2v) is 10.5. The predicted octanol–water partition coefficient (Wildman–Crippen LogP) is 5.95. The third kappa shape index (κ3) is 6.27. The van der Waals surface area contributed by atoms with Crippen molar-refractivity contribution >= 4 is 23.6 Å². The Morgan fingerprint density at radius 1 is 1.13 bits per heavy atom. The Kier molecular flexibility index (Phi) is 7.94. The van der Waals surface area contributed by atoms with Crippen LogP contribution in [0.25, 0.3) is 11.3 Å². The Morgan fingerprint density at radius 3 is 2.53 bits per heavy atom. The van der Waals surface area contributed by atoms with E-state index in [9.17, 15) is 14.4 Å². The van der Waals surface area contributed by atoms with Gasteiger partial charge in [0.2, 0.25) is 0 Å². The van der Waals surface area contributed by atoms with E-state index in [4.69, 9.17) is 9.72 Å². The van der Waals surface area contributed by atoms with Gasteiger partial charge in [0.15, 0.2) is 5.78 Å². The third-order valence-corrected chi connectivity index (χ3v) is 6.42. The fraction of sp³-hybridized carbons (Fsp3) is 0.414. The van der Waals surface area contributed by atoms with Gasteiger partial charge in [-0.2, -0.15) is 0 Å². The summed E-state index contributed by atoms with van der Waals surface area (Å²) < 4.78 is 5.63. The molecule has 200 valence electrons. The molecule has 0 unspecified atom stereocenters. The molecule has 9 heteroatoms. The minimum absolute atomic E-state index is 0.165. The SMILES string of the molecule is CCc1ccnc(NC(=O)c2ccc(-c3nc([C@@H]4CCCCN4C(=O)OC(C)(C)C)[nH]c3C(C)=O)cc2)c1. The number of aryl methyl sites for hydroxylation is 1. The smallest absolute Gasteiger partial charge is 0.410 e. The molecule has 0 saturated carbocycles. The third-order valence-electron chi connectivity index (χ3n) is 6.42. The molecule has 1 fully saturated rings. The summed E-state index contributed by atoms with van der Waals surface area (Å²) in [6, 6.07) is 10.4. The topological polar surface area (TPSA) is 117 Å². The lowest BCUT2D eigenvalue weighted by Crippen LogP contribution is -2.42. The number of ether oxygens (including phenoxy) is 1. The van der Waals surface area contributed by atoms with Gasteiger partial charge < -0.3 is 15.0 Å². The first kappa shape index (κ1) is 27.0. The van der Waals surface area contributed by atoms with Crippen molar-refractivity contribution in [3.63, 3.8) is 0 Å². The maximum atomic E-state index is 12.9. The number of likely N-dealkylation sites (tertiary alicyclic amines) is 1. The summed E-state index contributed by atoms with van der Waals surface area (Å²) in [5.41, 5.74) is 2.49. The van der Waals surface area contributed by atoms with E-state index in [-0.39, 0.29) is 23.8 Å². The van der Waals surface area contributed by atoms with Crippen molar-refractivity contribution in [2.45, 2.75) is 71.9 Å². The summed E-state index contributed by atoms with van der Waals surface area (Å²) >= 11 is 0. The van der Waals surface area contributed by atoms with Gasteiger partial charge >= 0.3 is 6.09 Å². The van der Waals surface area contributed by atoms with E-state index in [1.54, 1.807) is 35.4 Å². The van der Waals surface area contributed by atoms with Crippen molar-refractivity contribution in [2.24, 2.45) is 0 Å². The number of amides is 2. The standard InChI is InChI=1S/C29H35N5O4/c1-6-19-14-15-30-23(17-19)31-27(36)21-12-10-20(11-13-21)25-24(18(2)35)32-26(33-25)22-9-7-8-16-34(22)28(37)38-29(3,4)5/h10-15,17,22H,6-9,16H2,1-5H3,(H,32,33)(H,30,31,36)/t22-/m0/s1. The lowest BCUT2D eigenvalue weighted by Gasteiger charge is -2.35. The molecule has 0 bridgehead atoms. The summed E-state index contributed by atoms with van der Waals surface area (Å²) in [4.78, 5) is 52.1. The van der Waals surface area contributed by atoms with E-state index in [1.807, 2.05) is 39.8 Å². The minimum atomic E-state index is -0.610. The molecule has 1 aliphatic heterocycles. The number of carbonyl (C=O) groups is 3. The van der Waals surface area contributed by atoms with Crippen LogP contribution in [0.15, 0.2) is 42.6 Å². The average molecular weight is 518 g/mol. The van der Waals surface area contributed by atoms with Crippen LogP contribution in [0.4, 0.5) is 10.6 Å². The number of benzene rings is 1. The van der Waals surface area contributed by atoms with Gasteiger partial charge in [0.25, 0.3) is 5.91 Å². The van der Waals surface area contributed by atoms with Crippen LogP contribution in [0.1, 0.15) is 92.2 Å². The molecule has 38 heavy (non-hydrogen) atoms. The normalized spacial score (nSPS) is 15.7. The van der Waals surface area contributed by atoms with Crippen molar-refractivity contribution in [2.75, 3.05) is 11.9 Å². The zero-order valence-electron chi connectivity index (χ0n) is 22.6. The van der Waals surface area contributed by atoms with E-state index in [1.165, 1.54) is 6.92 Å². The van der Waals surface area contributed by atoms with E-state index in [2.05, 4.69) is 15.3 Å². The molecule has 1 aliphatic rings. The number of hydrogen-bond donors (Lipinski definition) is 2. The number of Topliss-reactive ketones (excluding diaryl/α,β-unsaturated/α-hetero) is 1. The molecule has 1 saturated heterocycles. The molecule has 3 heterocycles. The van der Waals surface area contributed by atoms with E-state index < -0.39 is 5.60 Å². The summed E-state index contributed by atoms with van der Waals surface area (Å²) in [5.74, 6) is 0.611. The zero-order valence-corrected chi connectivity index (χ0v) is 22.6. The van der Waals surface area contributed by atoms with Crippen molar-refractivity contribution in [1.29, 1.82) is 0 Å². The highest BCUT2D eigenvalue weighted by atomic mass is 16.6. The van der Waals surface area contributed by atoms with Crippen LogP contribution in [0.2, 0.25) is 0 Å². The fourth-order valence-corrected chi connectivity index (χ4v) is 4.50. The van der Waals surface area contributed by atoms with Crippen molar-refractivity contribution in [1.82, 2.24) is 19.9 Å². The van der Waals surface area contributed by atoms with E-state index in [0.29, 0.717) is 40.7 Å². The minimum Gasteiger partial charge on any atom is -0.444 e. The van der Waals surface area contributed by atoms with Gasteiger partial charge in [0, 0.05) is 30.8 Å². The summed E-state index contributed by atoms with van der Waals surface area (Å²) in [7, 11) is 0. The monoisotopic (exact) mass is 517 g/mol. The number of aromatic amines is 1. The molecule has 9 nitrogen and oxygen atoms in total. The number of nitrogens with zero attached hydrogens (tertiary/aromatic N) is 3. The van der Waals surface area contributed by atoms with Gasteiger partial charge in [-0.05, 0) is 76.3 Å². The number of pyridine rings is 1. The summed E-state index contributed by atoms with van der Waals surface area (Å²) in [5, 5.41) is 2.83. The molecule has 1 aromatic carbocycles. The second-order valence-electron chi connectivity index (χ2n) is 10.5. The highest BCUT2D eigenvalue weighted by molar-refractivity contribution is 6.04. The summed E-state index contributed by atoms with van der Waals surface area (Å²) in [6.45, 7) is 9.60. The molecular weight excluding hydrogens is 482 g/mol. The van der Waals surface area contributed by atoms with Crippen molar-refractivity contribution in [3.05, 3.63) is 65.2 Å². The number of H-pyrrole nitrogens is 1. The molecule has 2 N–H and O–H groups in total. The number of imidazole rings is 1. The quantitative estimate of drug-likeness (QED) is 0.390.